The Morgan fingerprint density at radius 1 is 1.50 bits per heavy atom. The van der Waals surface area contributed by atoms with Crippen LogP contribution >= 0.6 is 0 Å². The Morgan fingerprint density at radius 2 is 2.28 bits per heavy atom. The van der Waals surface area contributed by atoms with Gasteiger partial charge in [-0.25, -0.2) is 0 Å². The van der Waals surface area contributed by atoms with Crippen molar-refractivity contribution in [3.8, 4) is 11.5 Å². The minimum atomic E-state index is -0.498. The lowest BCUT2D eigenvalue weighted by Gasteiger charge is -2.07. The van der Waals surface area contributed by atoms with E-state index in [1.807, 2.05) is 0 Å². The summed E-state index contributed by atoms with van der Waals surface area (Å²) in [5, 5.41) is 15.9. The highest BCUT2D eigenvalue weighted by molar-refractivity contribution is 6.06. The standard InChI is InChI=1S/C12H12N2O4/c1-7-6-10(18-14-7)13-12(16)8-4-3-5-9(17-2)11(8)15/h3-6,15H,1-2H3,(H,13,16). The molecule has 2 rings (SSSR count). The number of carbonyl (C=O) groups is 1. The number of aryl methyl sites for hydroxylation is 1. The molecule has 1 aromatic heterocycles. The highest BCUT2D eigenvalue weighted by Gasteiger charge is 2.16. The maximum absolute atomic E-state index is 11.9. The van der Waals surface area contributed by atoms with Gasteiger partial charge in [-0.1, -0.05) is 11.2 Å². The molecule has 0 saturated carbocycles. The molecule has 6 nitrogen and oxygen atoms in total. The molecule has 0 radical (unpaired) electrons. The van der Waals surface area contributed by atoms with Gasteiger partial charge in [0.2, 0.25) is 5.88 Å². The fourth-order valence-corrected chi connectivity index (χ4v) is 1.47. The number of para-hydroxylation sites is 1. The molecule has 0 atom stereocenters. The first-order chi connectivity index (χ1) is 8.61. The Kier molecular flexibility index (Phi) is 3.18. The Bertz CT molecular complexity index is 577. The number of phenolic OH excluding ortho intramolecular Hbond substituents is 1. The van der Waals surface area contributed by atoms with E-state index in [0.29, 0.717) is 5.69 Å². The second kappa shape index (κ2) is 4.79. The van der Waals surface area contributed by atoms with E-state index >= 15 is 0 Å². The number of anilines is 1. The zero-order valence-electron chi connectivity index (χ0n) is 9.93. The molecule has 0 aliphatic heterocycles. The molecule has 2 aromatic rings. The fraction of sp³-hybridized carbons (Fsp3) is 0.167. The largest absolute Gasteiger partial charge is 0.504 e. The summed E-state index contributed by atoms with van der Waals surface area (Å²) in [6.07, 6.45) is 0. The third-order valence-electron chi connectivity index (χ3n) is 2.33. The summed E-state index contributed by atoms with van der Waals surface area (Å²) >= 11 is 0. The number of aromatic hydroxyl groups is 1. The average molecular weight is 248 g/mol. The van der Waals surface area contributed by atoms with Crippen LogP contribution in [0.5, 0.6) is 11.5 Å². The first kappa shape index (κ1) is 12.0. The molecule has 0 fully saturated rings. The van der Waals surface area contributed by atoms with E-state index in [9.17, 15) is 9.90 Å². The van der Waals surface area contributed by atoms with Crippen LogP contribution in [0.25, 0.3) is 0 Å². The molecular weight excluding hydrogens is 236 g/mol. The molecule has 1 heterocycles. The van der Waals surface area contributed by atoms with Crippen molar-refractivity contribution in [1.29, 1.82) is 0 Å². The minimum Gasteiger partial charge on any atom is -0.504 e. The van der Waals surface area contributed by atoms with Gasteiger partial charge in [-0.05, 0) is 19.1 Å². The summed E-state index contributed by atoms with van der Waals surface area (Å²) in [5.74, 6) is -0.257. The van der Waals surface area contributed by atoms with Crippen LogP contribution < -0.4 is 10.1 Å². The quantitative estimate of drug-likeness (QED) is 0.867. The van der Waals surface area contributed by atoms with Crippen molar-refractivity contribution >= 4 is 11.8 Å². The Balaban J connectivity index is 2.24. The second-order valence-corrected chi connectivity index (χ2v) is 3.64. The number of amides is 1. The number of nitrogens with zero attached hydrogens (tertiary/aromatic N) is 1. The van der Waals surface area contributed by atoms with Gasteiger partial charge < -0.3 is 14.4 Å². The lowest BCUT2D eigenvalue weighted by atomic mass is 10.1. The lowest BCUT2D eigenvalue weighted by Crippen LogP contribution is -2.11. The molecule has 2 N–H and O–H groups in total. The Morgan fingerprint density at radius 3 is 2.89 bits per heavy atom. The zero-order chi connectivity index (χ0) is 13.1. The normalized spacial score (nSPS) is 10.1. The van der Waals surface area contributed by atoms with Crippen LogP contribution in [0.4, 0.5) is 5.88 Å². The minimum absolute atomic E-state index is 0.100. The van der Waals surface area contributed by atoms with E-state index < -0.39 is 5.91 Å². The number of aromatic nitrogens is 1. The van der Waals surface area contributed by atoms with Gasteiger partial charge in [0, 0.05) is 6.07 Å². The van der Waals surface area contributed by atoms with Gasteiger partial charge >= 0.3 is 0 Å². The smallest absolute Gasteiger partial charge is 0.261 e. The van der Waals surface area contributed by atoms with Crippen molar-refractivity contribution in [2.24, 2.45) is 0 Å². The van der Waals surface area contributed by atoms with Gasteiger partial charge in [0.1, 0.15) is 0 Å². The van der Waals surface area contributed by atoms with Crippen molar-refractivity contribution < 1.29 is 19.2 Å². The van der Waals surface area contributed by atoms with Crippen LogP contribution in [0.15, 0.2) is 28.8 Å². The Hall–Kier alpha value is -2.50. The highest BCUT2D eigenvalue weighted by atomic mass is 16.5. The van der Waals surface area contributed by atoms with Crippen LogP contribution in [-0.2, 0) is 0 Å². The van der Waals surface area contributed by atoms with E-state index in [4.69, 9.17) is 9.26 Å². The topological polar surface area (TPSA) is 84.6 Å². The predicted octanol–water partition coefficient (Wildman–Crippen LogP) is 1.95. The number of hydrogen-bond donors (Lipinski definition) is 2. The van der Waals surface area contributed by atoms with Gasteiger partial charge in [-0.3, -0.25) is 10.1 Å². The molecule has 18 heavy (non-hydrogen) atoms. The number of benzene rings is 1. The summed E-state index contributed by atoms with van der Waals surface area (Å²) in [5.41, 5.74) is 0.753. The summed E-state index contributed by atoms with van der Waals surface area (Å²) in [6, 6.07) is 6.23. The molecule has 0 bridgehead atoms. The van der Waals surface area contributed by atoms with Gasteiger partial charge in [-0.15, -0.1) is 0 Å². The third-order valence-corrected chi connectivity index (χ3v) is 2.33. The molecule has 94 valence electrons. The first-order valence-electron chi connectivity index (χ1n) is 5.22. The second-order valence-electron chi connectivity index (χ2n) is 3.64. The monoisotopic (exact) mass is 248 g/mol. The van der Waals surface area contributed by atoms with Crippen molar-refractivity contribution in [2.45, 2.75) is 6.92 Å². The first-order valence-corrected chi connectivity index (χ1v) is 5.22. The predicted molar refractivity (Wildman–Crippen MR) is 63.9 cm³/mol. The number of nitrogens with one attached hydrogen (secondary N) is 1. The van der Waals surface area contributed by atoms with Crippen LogP contribution in [0.2, 0.25) is 0 Å². The van der Waals surface area contributed by atoms with Gasteiger partial charge in [-0.2, -0.15) is 0 Å². The van der Waals surface area contributed by atoms with Gasteiger partial charge in [0.25, 0.3) is 5.91 Å². The summed E-state index contributed by atoms with van der Waals surface area (Å²) < 4.78 is 9.78. The molecule has 1 aromatic carbocycles. The molecule has 6 heteroatoms. The van der Waals surface area contributed by atoms with E-state index in [0.717, 1.165) is 0 Å². The van der Waals surface area contributed by atoms with E-state index in [1.54, 1.807) is 25.1 Å². The summed E-state index contributed by atoms with van der Waals surface area (Å²) in [6.45, 7) is 1.74. The average Bonchev–Trinajstić information content (AvgIpc) is 2.75. The van der Waals surface area contributed by atoms with Crippen molar-refractivity contribution in [3.05, 3.63) is 35.5 Å². The zero-order valence-corrected chi connectivity index (χ0v) is 9.93. The maximum Gasteiger partial charge on any atom is 0.261 e. The SMILES string of the molecule is COc1cccc(C(=O)Nc2cc(C)no2)c1O. The van der Waals surface area contributed by atoms with E-state index in [2.05, 4.69) is 10.5 Å². The van der Waals surface area contributed by atoms with Crippen LogP contribution in [0, 0.1) is 6.92 Å². The highest BCUT2D eigenvalue weighted by Crippen LogP contribution is 2.29. The lowest BCUT2D eigenvalue weighted by molar-refractivity contribution is 0.102. The molecule has 0 unspecified atom stereocenters. The van der Waals surface area contributed by atoms with Crippen molar-refractivity contribution in [2.75, 3.05) is 12.4 Å². The third kappa shape index (κ3) is 2.27. The number of methoxy groups -OCH3 is 1. The molecule has 0 spiro atoms. The summed E-state index contributed by atoms with van der Waals surface area (Å²) in [7, 11) is 1.41. The maximum atomic E-state index is 11.9. The van der Waals surface area contributed by atoms with E-state index in [-0.39, 0.29) is 22.9 Å². The van der Waals surface area contributed by atoms with Crippen LogP contribution in [0.3, 0.4) is 0 Å². The van der Waals surface area contributed by atoms with Crippen LogP contribution in [-0.4, -0.2) is 23.3 Å². The van der Waals surface area contributed by atoms with Crippen LogP contribution in [0.1, 0.15) is 16.1 Å². The summed E-state index contributed by atoms with van der Waals surface area (Å²) in [4.78, 5) is 11.9. The molecule has 1 amide bonds. The number of carbonyl (C=O) groups excluding carboxylic acids is 1. The molecular formula is C12H12N2O4. The van der Waals surface area contributed by atoms with Crippen molar-refractivity contribution in [1.82, 2.24) is 5.16 Å². The number of phenols is 1. The fourth-order valence-electron chi connectivity index (χ4n) is 1.47. The molecule has 0 aliphatic carbocycles. The Labute approximate surface area is 103 Å². The van der Waals surface area contributed by atoms with Crippen molar-refractivity contribution in [3.63, 3.8) is 0 Å². The van der Waals surface area contributed by atoms with Gasteiger partial charge in [0.05, 0.1) is 18.4 Å². The molecule has 0 saturated heterocycles. The number of hydrogen-bond acceptors (Lipinski definition) is 5. The molecule has 0 aliphatic rings. The number of ether oxygens (including phenoxy) is 1. The number of rotatable bonds is 3. The van der Waals surface area contributed by atoms with Gasteiger partial charge in [0.15, 0.2) is 11.5 Å². The van der Waals surface area contributed by atoms with E-state index in [1.165, 1.54) is 13.2 Å².